The van der Waals surface area contributed by atoms with Gasteiger partial charge in [0.25, 0.3) is 0 Å². The minimum atomic E-state index is -0.0617. The highest BCUT2D eigenvalue weighted by atomic mass is 16.2. The summed E-state index contributed by atoms with van der Waals surface area (Å²) in [6, 6.07) is 13.9. The molecule has 0 aliphatic carbocycles. The number of aromatic nitrogens is 2. The van der Waals surface area contributed by atoms with Gasteiger partial charge in [0.2, 0.25) is 0 Å². The molecule has 0 radical (unpaired) electrons. The lowest BCUT2D eigenvalue weighted by molar-refractivity contribution is 0.206. The molecule has 4 rings (SSSR count). The standard InChI is InChI=1S/C17H16N4O/c22-17(20-14-5-6-15-16(9-14)19-11-18-15)21-8-7-12-3-1-2-4-13(12)10-21/h1-6,9,11H,7-8,10H2,(H,18,19)(H,20,22). The molecule has 0 bridgehead atoms. The van der Waals surface area contributed by atoms with E-state index in [1.807, 2.05) is 35.2 Å². The molecule has 0 spiro atoms. The SMILES string of the molecule is O=C(Nc1ccc2nc[nH]c2c1)N1CCc2ccccc2C1. The molecule has 0 unspecified atom stereocenters. The number of fused-ring (bicyclic) bond motifs is 2. The van der Waals surface area contributed by atoms with E-state index in [1.165, 1.54) is 11.1 Å². The van der Waals surface area contributed by atoms with E-state index in [0.717, 1.165) is 29.7 Å². The van der Waals surface area contributed by atoms with Gasteiger partial charge in [0.15, 0.2) is 0 Å². The van der Waals surface area contributed by atoms with Crippen LogP contribution in [0.2, 0.25) is 0 Å². The van der Waals surface area contributed by atoms with Gasteiger partial charge in [-0.2, -0.15) is 0 Å². The van der Waals surface area contributed by atoms with Crippen LogP contribution in [-0.4, -0.2) is 27.4 Å². The van der Waals surface area contributed by atoms with Crippen LogP contribution in [0.4, 0.5) is 10.5 Å². The van der Waals surface area contributed by atoms with Gasteiger partial charge in [-0.15, -0.1) is 0 Å². The Kier molecular flexibility index (Phi) is 3.04. The summed E-state index contributed by atoms with van der Waals surface area (Å²) in [5, 5.41) is 2.96. The summed E-state index contributed by atoms with van der Waals surface area (Å²) < 4.78 is 0. The van der Waals surface area contributed by atoms with Crippen LogP contribution in [0.25, 0.3) is 11.0 Å². The third-order valence-corrected chi connectivity index (χ3v) is 4.09. The molecule has 110 valence electrons. The van der Waals surface area contributed by atoms with Crippen LogP contribution in [-0.2, 0) is 13.0 Å². The lowest BCUT2D eigenvalue weighted by Crippen LogP contribution is -2.38. The maximum Gasteiger partial charge on any atom is 0.322 e. The Balaban J connectivity index is 1.50. The second-order valence-electron chi connectivity index (χ2n) is 5.50. The van der Waals surface area contributed by atoms with Gasteiger partial charge in [0, 0.05) is 18.8 Å². The number of anilines is 1. The number of nitrogens with zero attached hydrogens (tertiary/aromatic N) is 2. The Bertz CT molecular complexity index is 839. The molecule has 2 aromatic carbocycles. The van der Waals surface area contributed by atoms with Crippen molar-refractivity contribution in [3.63, 3.8) is 0 Å². The van der Waals surface area contributed by atoms with E-state index in [2.05, 4.69) is 27.4 Å². The number of nitrogens with one attached hydrogen (secondary N) is 2. The van der Waals surface area contributed by atoms with Crippen molar-refractivity contribution in [1.82, 2.24) is 14.9 Å². The highest BCUT2D eigenvalue weighted by molar-refractivity contribution is 5.92. The molecule has 5 heteroatoms. The first-order valence-electron chi connectivity index (χ1n) is 7.35. The van der Waals surface area contributed by atoms with Gasteiger partial charge in [0.05, 0.1) is 17.4 Å². The molecule has 1 aliphatic heterocycles. The lowest BCUT2D eigenvalue weighted by atomic mass is 10.0. The largest absolute Gasteiger partial charge is 0.345 e. The zero-order valence-corrected chi connectivity index (χ0v) is 12.0. The van der Waals surface area contributed by atoms with E-state index in [9.17, 15) is 4.79 Å². The normalized spacial score (nSPS) is 13.9. The summed E-state index contributed by atoms with van der Waals surface area (Å²) in [5.41, 5.74) is 5.16. The van der Waals surface area contributed by atoms with Gasteiger partial charge < -0.3 is 15.2 Å². The first-order chi connectivity index (χ1) is 10.8. The van der Waals surface area contributed by atoms with Crippen molar-refractivity contribution in [3.8, 4) is 0 Å². The maximum atomic E-state index is 12.4. The Morgan fingerprint density at radius 2 is 2.05 bits per heavy atom. The first kappa shape index (κ1) is 12.9. The average molecular weight is 292 g/mol. The number of rotatable bonds is 1. The van der Waals surface area contributed by atoms with Crippen molar-refractivity contribution < 1.29 is 4.79 Å². The molecule has 0 fully saturated rings. The van der Waals surface area contributed by atoms with Gasteiger partial charge in [-0.25, -0.2) is 9.78 Å². The van der Waals surface area contributed by atoms with Crippen molar-refractivity contribution in [1.29, 1.82) is 0 Å². The monoisotopic (exact) mass is 292 g/mol. The molecule has 5 nitrogen and oxygen atoms in total. The number of benzene rings is 2. The first-order valence-corrected chi connectivity index (χ1v) is 7.35. The van der Waals surface area contributed by atoms with E-state index >= 15 is 0 Å². The number of carbonyl (C=O) groups excluding carboxylic acids is 1. The van der Waals surface area contributed by atoms with Crippen LogP contribution in [0.1, 0.15) is 11.1 Å². The van der Waals surface area contributed by atoms with Crippen LogP contribution in [0.5, 0.6) is 0 Å². The Hall–Kier alpha value is -2.82. The zero-order valence-electron chi connectivity index (χ0n) is 12.0. The fourth-order valence-electron chi connectivity index (χ4n) is 2.88. The second-order valence-corrected chi connectivity index (χ2v) is 5.50. The third kappa shape index (κ3) is 2.30. The summed E-state index contributed by atoms with van der Waals surface area (Å²) in [4.78, 5) is 21.5. The number of aromatic amines is 1. The summed E-state index contributed by atoms with van der Waals surface area (Å²) in [6.45, 7) is 1.41. The van der Waals surface area contributed by atoms with Crippen molar-refractivity contribution in [3.05, 3.63) is 59.9 Å². The van der Waals surface area contributed by atoms with E-state index in [-0.39, 0.29) is 6.03 Å². The quantitative estimate of drug-likeness (QED) is 0.723. The van der Waals surface area contributed by atoms with E-state index in [0.29, 0.717) is 6.54 Å². The van der Waals surface area contributed by atoms with E-state index in [4.69, 9.17) is 0 Å². The number of hydrogen-bond donors (Lipinski definition) is 2. The molecule has 0 saturated carbocycles. The fraction of sp³-hybridized carbons (Fsp3) is 0.176. The smallest absolute Gasteiger partial charge is 0.322 e. The predicted molar refractivity (Wildman–Crippen MR) is 85.7 cm³/mol. The molecular weight excluding hydrogens is 276 g/mol. The maximum absolute atomic E-state index is 12.4. The van der Waals surface area contributed by atoms with Crippen LogP contribution in [0.15, 0.2) is 48.8 Å². The van der Waals surface area contributed by atoms with Gasteiger partial charge in [0.1, 0.15) is 0 Å². The molecular formula is C17H16N4O. The third-order valence-electron chi connectivity index (χ3n) is 4.09. The molecule has 2 amide bonds. The highest BCUT2D eigenvalue weighted by Crippen LogP contribution is 2.20. The van der Waals surface area contributed by atoms with Crippen molar-refractivity contribution in [2.45, 2.75) is 13.0 Å². The molecule has 1 aromatic heterocycles. The lowest BCUT2D eigenvalue weighted by Gasteiger charge is -2.28. The predicted octanol–water partition coefficient (Wildman–Crippen LogP) is 3.15. The van der Waals surface area contributed by atoms with Gasteiger partial charge >= 0.3 is 6.03 Å². The summed E-state index contributed by atoms with van der Waals surface area (Å²) in [6.07, 6.45) is 2.56. The van der Waals surface area contributed by atoms with Crippen molar-refractivity contribution in [2.75, 3.05) is 11.9 Å². The Labute approximate surface area is 128 Å². The van der Waals surface area contributed by atoms with Crippen LogP contribution in [0.3, 0.4) is 0 Å². The van der Waals surface area contributed by atoms with Crippen molar-refractivity contribution in [2.24, 2.45) is 0 Å². The summed E-state index contributed by atoms with van der Waals surface area (Å²) in [7, 11) is 0. The van der Waals surface area contributed by atoms with Crippen LogP contribution in [0, 0.1) is 0 Å². The number of hydrogen-bond acceptors (Lipinski definition) is 2. The minimum absolute atomic E-state index is 0.0617. The van der Waals surface area contributed by atoms with Gasteiger partial charge in [-0.1, -0.05) is 24.3 Å². The number of carbonyl (C=O) groups is 1. The second kappa shape index (κ2) is 5.18. The van der Waals surface area contributed by atoms with E-state index in [1.54, 1.807) is 6.33 Å². The summed E-state index contributed by atoms with van der Waals surface area (Å²) in [5.74, 6) is 0. The Morgan fingerprint density at radius 3 is 2.95 bits per heavy atom. The van der Waals surface area contributed by atoms with E-state index < -0.39 is 0 Å². The minimum Gasteiger partial charge on any atom is -0.345 e. The molecule has 0 saturated heterocycles. The zero-order chi connectivity index (χ0) is 14.9. The number of urea groups is 1. The van der Waals surface area contributed by atoms with Crippen LogP contribution < -0.4 is 5.32 Å². The molecule has 2 N–H and O–H groups in total. The molecule has 0 atom stereocenters. The average Bonchev–Trinajstić information content (AvgIpc) is 3.02. The fourth-order valence-corrected chi connectivity index (χ4v) is 2.88. The molecule has 3 aromatic rings. The summed E-state index contributed by atoms with van der Waals surface area (Å²) >= 11 is 0. The van der Waals surface area contributed by atoms with Gasteiger partial charge in [-0.05, 0) is 35.7 Å². The topological polar surface area (TPSA) is 61.0 Å². The molecule has 22 heavy (non-hydrogen) atoms. The Morgan fingerprint density at radius 1 is 1.18 bits per heavy atom. The molecule has 2 heterocycles. The number of H-pyrrole nitrogens is 1. The van der Waals surface area contributed by atoms with Gasteiger partial charge in [-0.3, -0.25) is 0 Å². The number of imidazole rings is 1. The highest BCUT2D eigenvalue weighted by Gasteiger charge is 2.20. The van der Waals surface area contributed by atoms with Crippen molar-refractivity contribution >= 4 is 22.8 Å². The molecule has 1 aliphatic rings. The number of amides is 2. The van der Waals surface area contributed by atoms with Crippen LogP contribution >= 0.6 is 0 Å².